The van der Waals surface area contributed by atoms with E-state index in [0.717, 1.165) is 12.4 Å². The predicted octanol–water partition coefficient (Wildman–Crippen LogP) is 2.50. The number of benzene rings is 1. The van der Waals surface area contributed by atoms with Crippen molar-refractivity contribution in [3.63, 3.8) is 0 Å². The summed E-state index contributed by atoms with van der Waals surface area (Å²) in [4.78, 5) is 0. The van der Waals surface area contributed by atoms with Gasteiger partial charge in [0.1, 0.15) is 5.75 Å². The van der Waals surface area contributed by atoms with Crippen molar-refractivity contribution in [1.29, 1.82) is 0 Å². The average Bonchev–Trinajstić information content (AvgIpc) is 2.16. The molecule has 0 saturated carbocycles. The van der Waals surface area contributed by atoms with Crippen LogP contribution in [0.15, 0.2) is 18.2 Å². The van der Waals surface area contributed by atoms with E-state index < -0.39 is 0 Å². The van der Waals surface area contributed by atoms with Crippen molar-refractivity contribution in [3.05, 3.63) is 29.3 Å². The summed E-state index contributed by atoms with van der Waals surface area (Å²) in [7, 11) is 1.69. The first-order valence-corrected chi connectivity index (χ1v) is 4.88. The molecule has 0 N–H and O–H groups in total. The molecule has 0 unspecified atom stereocenters. The molecule has 1 heterocycles. The molecule has 0 radical (unpaired) electrons. The van der Waals surface area contributed by atoms with Crippen LogP contribution in [0.2, 0.25) is 0 Å². The van der Waals surface area contributed by atoms with Gasteiger partial charge in [-0.1, -0.05) is 19.9 Å². The monoisotopic (exact) mass is 192 g/mol. The van der Waals surface area contributed by atoms with Gasteiger partial charge in [-0.25, -0.2) is 0 Å². The van der Waals surface area contributed by atoms with E-state index in [4.69, 9.17) is 9.47 Å². The fourth-order valence-electron chi connectivity index (χ4n) is 1.97. The van der Waals surface area contributed by atoms with Gasteiger partial charge in [0.25, 0.3) is 0 Å². The molecule has 0 bridgehead atoms. The smallest absolute Gasteiger partial charge is 0.119 e. The number of methoxy groups -OCH3 is 1. The summed E-state index contributed by atoms with van der Waals surface area (Å²) in [6.45, 7) is 5.91. The van der Waals surface area contributed by atoms with E-state index in [0.29, 0.717) is 6.61 Å². The van der Waals surface area contributed by atoms with Crippen LogP contribution in [0.5, 0.6) is 5.75 Å². The lowest BCUT2D eigenvalue weighted by Gasteiger charge is -2.32. The molecule has 1 aliphatic heterocycles. The lowest BCUT2D eigenvalue weighted by atomic mass is 9.81. The Kier molecular flexibility index (Phi) is 2.23. The van der Waals surface area contributed by atoms with E-state index in [-0.39, 0.29) is 5.41 Å². The molecule has 1 aliphatic rings. The number of fused-ring (bicyclic) bond motifs is 1. The van der Waals surface area contributed by atoms with Gasteiger partial charge in [0.15, 0.2) is 0 Å². The SMILES string of the molecule is COc1ccc2c(c1)COCC2(C)C. The van der Waals surface area contributed by atoms with E-state index in [1.54, 1.807) is 7.11 Å². The van der Waals surface area contributed by atoms with Crippen LogP contribution in [0.1, 0.15) is 25.0 Å². The minimum atomic E-state index is 0.125. The van der Waals surface area contributed by atoms with Crippen molar-refractivity contribution < 1.29 is 9.47 Å². The van der Waals surface area contributed by atoms with Gasteiger partial charge in [-0.2, -0.15) is 0 Å². The lowest BCUT2D eigenvalue weighted by Crippen LogP contribution is -2.30. The highest BCUT2D eigenvalue weighted by Gasteiger charge is 2.27. The molecule has 14 heavy (non-hydrogen) atoms. The zero-order chi connectivity index (χ0) is 10.2. The fourth-order valence-corrected chi connectivity index (χ4v) is 1.97. The van der Waals surface area contributed by atoms with Gasteiger partial charge in [-0.05, 0) is 23.3 Å². The van der Waals surface area contributed by atoms with Crippen LogP contribution in [0.3, 0.4) is 0 Å². The summed E-state index contributed by atoms with van der Waals surface area (Å²) in [5, 5.41) is 0. The minimum Gasteiger partial charge on any atom is -0.497 e. The maximum absolute atomic E-state index is 5.56. The van der Waals surface area contributed by atoms with Gasteiger partial charge in [-0.15, -0.1) is 0 Å². The lowest BCUT2D eigenvalue weighted by molar-refractivity contribution is 0.0640. The molecule has 0 atom stereocenters. The van der Waals surface area contributed by atoms with E-state index in [9.17, 15) is 0 Å². The number of hydrogen-bond acceptors (Lipinski definition) is 2. The van der Waals surface area contributed by atoms with Crippen LogP contribution in [-0.2, 0) is 16.8 Å². The van der Waals surface area contributed by atoms with Crippen molar-refractivity contribution in [1.82, 2.24) is 0 Å². The van der Waals surface area contributed by atoms with E-state index in [1.807, 2.05) is 6.07 Å². The van der Waals surface area contributed by atoms with E-state index >= 15 is 0 Å². The first kappa shape index (κ1) is 9.53. The van der Waals surface area contributed by atoms with Gasteiger partial charge in [0.05, 0.1) is 20.3 Å². The topological polar surface area (TPSA) is 18.5 Å². The van der Waals surface area contributed by atoms with Crippen molar-refractivity contribution in [2.24, 2.45) is 0 Å². The van der Waals surface area contributed by atoms with Crippen molar-refractivity contribution in [2.45, 2.75) is 25.9 Å². The summed E-state index contributed by atoms with van der Waals surface area (Å²) in [5.74, 6) is 0.907. The van der Waals surface area contributed by atoms with Crippen molar-refractivity contribution >= 4 is 0 Å². The molecule has 0 aromatic heterocycles. The first-order chi connectivity index (χ1) is 6.63. The molecule has 1 aromatic rings. The second-order valence-electron chi connectivity index (χ2n) is 4.40. The maximum Gasteiger partial charge on any atom is 0.119 e. The Morgan fingerprint density at radius 1 is 1.36 bits per heavy atom. The molecule has 2 nitrogen and oxygen atoms in total. The van der Waals surface area contributed by atoms with Gasteiger partial charge in [0.2, 0.25) is 0 Å². The van der Waals surface area contributed by atoms with Gasteiger partial charge < -0.3 is 9.47 Å². The molecule has 76 valence electrons. The van der Waals surface area contributed by atoms with Crippen LogP contribution in [0.4, 0.5) is 0 Å². The summed E-state index contributed by atoms with van der Waals surface area (Å²) < 4.78 is 10.7. The Morgan fingerprint density at radius 3 is 2.86 bits per heavy atom. The van der Waals surface area contributed by atoms with Crippen LogP contribution < -0.4 is 4.74 Å². The van der Waals surface area contributed by atoms with Crippen molar-refractivity contribution in [3.8, 4) is 5.75 Å². The minimum absolute atomic E-state index is 0.125. The van der Waals surface area contributed by atoms with Crippen LogP contribution in [0.25, 0.3) is 0 Å². The molecule has 0 amide bonds. The Morgan fingerprint density at radius 2 is 2.14 bits per heavy atom. The summed E-state index contributed by atoms with van der Waals surface area (Å²) >= 11 is 0. The Bertz CT molecular complexity index is 342. The fraction of sp³-hybridized carbons (Fsp3) is 0.500. The zero-order valence-electron chi connectivity index (χ0n) is 8.96. The second kappa shape index (κ2) is 3.28. The predicted molar refractivity (Wildman–Crippen MR) is 55.7 cm³/mol. The second-order valence-corrected chi connectivity index (χ2v) is 4.40. The third-order valence-corrected chi connectivity index (χ3v) is 2.76. The Hall–Kier alpha value is -1.02. The van der Waals surface area contributed by atoms with Gasteiger partial charge in [0, 0.05) is 5.41 Å². The molecular weight excluding hydrogens is 176 g/mol. The zero-order valence-corrected chi connectivity index (χ0v) is 8.96. The van der Waals surface area contributed by atoms with E-state index in [1.165, 1.54) is 11.1 Å². The molecular formula is C12H16O2. The summed E-state index contributed by atoms with van der Waals surface area (Å²) in [5.41, 5.74) is 2.75. The molecule has 0 spiro atoms. The number of rotatable bonds is 1. The quantitative estimate of drug-likeness (QED) is 0.680. The molecule has 0 saturated heterocycles. The summed E-state index contributed by atoms with van der Waals surface area (Å²) in [6.07, 6.45) is 0. The standard InChI is InChI=1S/C12H16O2/c1-12(2)8-14-7-9-6-10(13-3)4-5-11(9)12/h4-6H,7-8H2,1-3H3. The van der Waals surface area contributed by atoms with Crippen LogP contribution >= 0.6 is 0 Å². The largest absolute Gasteiger partial charge is 0.497 e. The number of hydrogen-bond donors (Lipinski definition) is 0. The molecule has 2 heteroatoms. The maximum atomic E-state index is 5.56. The highest BCUT2D eigenvalue weighted by molar-refractivity contribution is 5.40. The molecule has 0 fully saturated rings. The van der Waals surface area contributed by atoms with Crippen molar-refractivity contribution in [2.75, 3.05) is 13.7 Å². The molecule has 2 rings (SSSR count). The van der Waals surface area contributed by atoms with Gasteiger partial charge >= 0.3 is 0 Å². The molecule has 1 aromatic carbocycles. The first-order valence-electron chi connectivity index (χ1n) is 4.88. The average molecular weight is 192 g/mol. The normalized spacial score (nSPS) is 18.8. The third-order valence-electron chi connectivity index (χ3n) is 2.76. The highest BCUT2D eigenvalue weighted by Crippen LogP contribution is 2.33. The molecule has 0 aliphatic carbocycles. The van der Waals surface area contributed by atoms with Crippen LogP contribution in [-0.4, -0.2) is 13.7 Å². The Labute approximate surface area is 84.8 Å². The van der Waals surface area contributed by atoms with E-state index in [2.05, 4.69) is 26.0 Å². The highest BCUT2D eigenvalue weighted by atomic mass is 16.5. The van der Waals surface area contributed by atoms with Crippen LogP contribution in [0, 0.1) is 0 Å². The van der Waals surface area contributed by atoms with Gasteiger partial charge in [-0.3, -0.25) is 0 Å². The summed E-state index contributed by atoms with van der Waals surface area (Å²) in [6, 6.07) is 6.23. The third kappa shape index (κ3) is 1.50. The Balaban J connectivity index is 2.46. The number of ether oxygens (including phenoxy) is 2.